The molecule has 1 fully saturated rings. The molecule has 38 heavy (non-hydrogen) atoms. The molecule has 2 aliphatic rings. The molecule has 0 bridgehead atoms. The molecule has 17 heteroatoms. The fourth-order valence-corrected chi connectivity index (χ4v) is 6.93. The van der Waals surface area contributed by atoms with Crippen molar-refractivity contribution >= 4 is 63.5 Å². The highest BCUT2D eigenvalue weighted by atomic mass is 32.2. The van der Waals surface area contributed by atoms with Crippen LogP contribution in [0.5, 0.6) is 0 Å². The number of carboxylic acid groups (broad SMARTS) is 1. The number of carbonyl (C=O) groups excluding carboxylic acids is 2. The van der Waals surface area contributed by atoms with E-state index < -0.39 is 29.2 Å². The number of hydrogen-bond acceptors (Lipinski definition) is 13. The van der Waals surface area contributed by atoms with Gasteiger partial charge in [0.2, 0.25) is 5.16 Å². The van der Waals surface area contributed by atoms with E-state index in [1.165, 1.54) is 48.1 Å². The van der Waals surface area contributed by atoms with Crippen LogP contribution in [0, 0.1) is 0 Å². The van der Waals surface area contributed by atoms with Gasteiger partial charge < -0.3 is 25.4 Å². The Morgan fingerprint density at radius 1 is 1.45 bits per heavy atom. The van der Waals surface area contributed by atoms with E-state index >= 15 is 0 Å². The third-order valence-electron chi connectivity index (χ3n) is 5.68. The fraction of sp³-hybridized carbons (Fsp3) is 0.286. The van der Waals surface area contributed by atoms with Crippen molar-refractivity contribution < 1.29 is 28.7 Å². The first-order valence-electron chi connectivity index (χ1n) is 10.9. The number of aliphatic carboxylic acids is 1. The Balaban J connectivity index is 1.32. The number of aromatic amines is 1. The quantitative estimate of drug-likeness (QED) is 0.123. The molecule has 0 radical (unpaired) electrons. The van der Waals surface area contributed by atoms with Gasteiger partial charge in [-0.05, 0) is 18.6 Å². The predicted molar refractivity (Wildman–Crippen MR) is 139 cm³/mol. The Morgan fingerprint density at radius 2 is 2.26 bits per heavy atom. The van der Waals surface area contributed by atoms with Crippen LogP contribution in [0.2, 0.25) is 0 Å². The van der Waals surface area contributed by atoms with Crippen molar-refractivity contribution in [3.05, 3.63) is 40.9 Å². The van der Waals surface area contributed by atoms with Crippen LogP contribution in [0.4, 0.5) is 5.13 Å². The van der Waals surface area contributed by atoms with Crippen molar-refractivity contribution in [2.75, 3.05) is 18.6 Å². The lowest BCUT2D eigenvalue weighted by atomic mass is 10.0. The molecule has 0 saturated carbocycles. The highest BCUT2D eigenvalue weighted by Gasteiger charge is 2.55. The molecule has 2 amide bonds. The predicted octanol–water partition coefficient (Wildman–Crippen LogP) is 1.37. The van der Waals surface area contributed by atoms with Crippen molar-refractivity contribution in [2.45, 2.75) is 28.7 Å². The molecule has 3 aromatic heterocycles. The highest BCUT2D eigenvalue weighted by molar-refractivity contribution is 8.01. The summed E-state index contributed by atoms with van der Waals surface area (Å²) in [6, 6.07) is 0.789. The first-order valence-corrected chi connectivity index (χ1v) is 13.7. The summed E-state index contributed by atoms with van der Waals surface area (Å²) in [5.74, 6) is -1.62. The molecule has 14 nitrogen and oxygen atoms in total. The zero-order valence-electron chi connectivity index (χ0n) is 19.8. The number of carbonyl (C=O) groups is 3. The third kappa shape index (κ3) is 4.74. The number of nitrogens with two attached hydrogens (primary N) is 1. The number of thioether (sulfide) groups is 2. The van der Waals surface area contributed by atoms with Crippen LogP contribution in [0.3, 0.4) is 0 Å². The van der Waals surface area contributed by atoms with Gasteiger partial charge >= 0.3 is 5.97 Å². The summed E-state index contributed by atoms with van der Waals surface area (Å²) in [7, 11) is 1.28. The van der Waals surface area contributed by atoms with Crippen molar-refractivity contribution in [2.24, 2.45) is 5.16 Å². The molecule has 0 spiro atoms. The van der Waals surface area contributed by atoms with E-state index in [9.17, 15) is 19.5 Å². The van der Waals surface area contributed by atoms with Gasteiger partial charge in [-0.3, -0.25) is 19.6 Å². The number of nitrogen functional groups attached to an aromatic ring is 1. The van der Waals surface area contributed by atoms with Crippen LogP contribution in [-0.4, -0.2) is 83.2 Å². The molecule has 0 aliphatic carbocycles. The minimum absolute atomic E-state index is 0.104. The molecule has 5 N–H and O–H groups in total. The lowest BCUT2D eigenvalue weighted by Gasteiger charge is -2.49. The number of aromatic nitrogens is 4. The van der Waals surface area contributed by atoms with E-state index in [0.29, 0.717) is 22.3 Å². The molecule has 1 saturated heterocycles. The smallest absolute Gasteiger partial charge is 0.352 e. The number of fused-ring (bicyclic) bond motifs is 1. The number of nitrogens with zero attached hydrogens (tertiary/aromatic N) is 5. The normalized spacial score (nSPS) is 20.1. The number of nitrogens with one attached hydrogen (secondary N) is 2. The molecule has 1 unspecified atom stereocenters. The van der Waals surface area contributed by atoms with E-state index in [4.69, 9.17) is 15.0 Å². The van der Waals surface area contributed by atoms with Crippen molar-refractivity contribution in [1.29, 1.82) is 0 Å². The van der Waals surface area contributed by atoms with E-state index in [2.05, 4.69) is 30.6 Å². The van der Waals surface area contributed by atoms with E-state index in [1.807, 2.05) is 6.92 Å². The van der Waals surface area contributed by atoms with Gasteiger partial charge in [-0.25, -0.2) is 14.8 Å². The van der Waals surface area contributed by atoms with Gasteiger partial charge in [-0.2, -0.15) is 0 Å². The molecule has 198 valence electrons. The summed E-state index contributed by atoms with van der Waals surface area (Å²) in [4.78, 5) is 52.7. The Labute approximate surface area is 227 Å². The SMILES string of the molecule is CON=C(C(=O)N[C@@H]1C(=O)N2C(C(=O)O)=C(C(C)Sc3n[nH]c(-c4ccoc4)n3)CS[C@@H]12)c1csc(N)n1. The fourth-order valence-electron chi connectivity index (χ4n) is 3.91. The van der Waals surface area contributed by atoms with E-state index in [0.717, 1.165) is 16.9 Å². The van der Waals surface area contributed by atoms with Gasteiger partial charge in [-0.1, -0.05) is 16.9 Å². The monoisotopic (exact) mass is 576 g/mol. The van der Waals surface area contributed by atoms with Gasteiger partial charge in [0.15, 0.2) is 16.7 Å². The molecular weight excluding hydrogens is 556 g/mol. The zero-order chi connectivity index (χ0) is 27.0. The Kier molecular flexibility index (Phi) is 7.13. The third-order valence-corrected chi connectivity index (χ3v) is 8.69. The summed E-state index contributed by atoms with van der Waals surface area (Å²) in [6.45, 7) is 1.83. The van der Waals surface area contributed by atoms with Gasteiger partial charge in [0.05, 0.1) is 11.8 Å². The Morgan fingerprint density at radius 3 is 2.92 bits per heavy atom. The average molecular weight is 577 g/mol. The Bertz CT molecular complexity index is 1450. The molecular formula is C21H20N8O6S3. The van der Waals surface area contributed by atoms with Crippen LogP contribution < -0.4 is 11.1 Å². The molecule has 5 heterocycles. The number of anilines is 1. The zero-order valence-corrected chi connectivity index (χ0v) is 22.2. The minimum atomic E-state index is -1.23. The minimum Gasteiger partial charge on any atom is -0.477 e. The van der Waals surface area contributed by atoms with E-state index in [-0.39, 0.29) is 27.5 Å². The highest BCUT2D eigenvalue weighted by Crippen LogP contribution is 2.43. The van der Waals surface area contributed by atoms with Gasteiger partial charge in [-0.15, -0.1) is 28.2 Å². The lowest BCUT2D eigenvalue weighted by Crippen LogP contribution is -2.71. The maximum atomic E-state index is 13.1. The van der Waals surface area contributed by atoms with Crippen molar-refractivity contribution in [3.63, 3.8) is 0 Å². The number of carboxylic acids is 1. The number of furan rings is 1. The number of oxime groups is 1. The number of H-pyrrole nitrogens is 1. The topological polar surface area (TPSA) is 202 Å². The number of β-lactam (4-membered cyclic amide) rings is 1. The number of amides is 2. The van der Waals surface area contributed by atoms with Crippen LogP contribution in [0.15, 0.2) is 50.0 Å². The molecule has 3 aromatic rings. The Hall–Kier alpha value is -3.83. The van der Waals surface area contributed by atoms with Crippen LogP contribution >= 0.6 is 34.9 Å². The summed E-state index contributed by atoms with van der Waals surface area (Å²) in [5, 5.41) is 24.6. The summed E-state index contributed by atoms with van der Waals surface area (Å²) in [5.41, 5.74) is 6.89. The molecule has 0 aromatic carbocycles. The van der Waals surface area contributed by atoms with Crippen molar-refractivity contribution in [3.8, 4) is 11.4 Å². The first kappa shape index (κ1) is 25.8. The number of hydrogen-bond donors (Lipinski definition) is 4. The maximum absolute atomic E-state index is 13.1. The number of rotatable bonds is 9. The van der Waals surface area contributed by atoms with E-state index in [1.54, 1.807) is 11.4 Å². The largest absolute Gasteiger partial charge is 0.477 e. The summed E-state index contributed by atoms with van der Waals surface area (Å²) >= 11 is 3.74. The van der Waals surface area contributed by atoms with Gasteiger partial charge in [0, 0.05) is 16.4 Å². The lowest BCUT2D eigenvalue weighted by molar-refractivity contribution is -0.150. The second-order valence-corrected chi connectivity index (χ2v) is 11.3. The van der Waals surface area contributed by atoms with Crippen molar-refractivity contribution in [1.82, 2.24) is 30.4 Å². The maximum Gasteiger partial charge on any atom is 0.352 e. The molecule has 5 rings (SSSR count). The number of thiazole rings is 1. The second kappa shape index (κ2) is 10.5. The van der Waals surface area contributed by atoms with Gasteiger partial charge in [0.25, 0.3) is 11.8 Å². The summed E-state index contributed by atoms with van der Waals surface area (Å²) in [6.07, 6.45) is 3.05. The molecule has 2 aliphatic heterocycles. The first-order chi connectivity index (χ1) is 18.3. The second-order valence-electron chi connectivity index (χ2n) is 7.97. The van der Waals surface area contributed by atoms with Gasteiger partial charge in [0.1, 0.15) is 36.2 Å². The van der Waals surface area contributed by atoms with Crippen LogP contribution in [0.1, 0.15) is 12.6 Å². The molecule has 3 atom stereocenters. The summed E-state index contributed by atoms with van der Waals surface area (Å²) < 4.78 is 5.06. The standard InChI is InChI=1S/C21H20N8O6S3/c1-8(38-21-25-15(26-27-21)9-3-4-35-5-9)10-6-36-18-13(17(31)29(18)14(10)19(32)33)24-16(30)12(28-34-2)11-7-37-20(22)23-11/h3-5,7-8,13,18H,6H2,1-2H3,(H2,22,23)(H,24,30)(H,32,33)(H,25,26,27)/t8?,13-,18+/m1/s1. The van der Waals surface area contributed by atoms with Crippen LogP contribution in [0.25, 0.3) is 11.4 Å². The van der Waals surface area contributed by atoms with Crippen LogP contribution in [-0.2, 0) is 19.2 Å². The average Bonchev–Trinajstić information content (AvgIpc) is 3.67.